The highest BCUT2D eigenvalue weighted by Crippen LogP contribution is 2.42. The van der Waals surface area contributed by atoms with Crippen LogP contribution in [0.1, 0.15) is 32.3 Å². The lowest BCUT2D eigenvalue weighted by molar-refractivity contribution is -0.142. The van der Waals surface area contributed by atoms with Gasteiger partial charge in [-0.3, -0.25) is 14.6 Å². The molecule has 2 heterocycles. The largest absolute Gasteiger partial charge is 0.480 e. The van der Waals surface area contributed by atoms with E-state index in [0.29, 0.717) is 30.6 Å². The van der Waals surface area contributed by atoms with E-state index in [1.54, 1.807) is 56.3 Å². The van der Waals surface area contributed by atoms with Crippen molar-refractivity contribution in [3.63, 3.8) is 0 Å². The first kappa shape index (κ1) is 31.3. The van der Waals surface area contributed by atoms with Gasteiger partial charge in [0.2, 0.25) is 21.8 Å². The van der Waals surface area contributed by atoms with E-state index in [0.717, 1.165) is 23.4 Å². The van der Waals surface area contributed by atoms with E-state index in [-0.39, 0.29) is 23.1 Å². The highest BCUT2D eigenvalue weighted by atomic mass is 32.2. The first-order valence-electron chi connectivity index (χ1n) is 13.6. The van der Waals surface area contributed by atoms with Crippen LogP contribution in [0, 0.1) is 0 Å². The van der Waals surface area contributed by atoms with Crippen LogP contribution in [0.4, 0.5) is 5.69 Å². The Morgan fingerprint density at radius 3 is 2.50 bits per heavy atom. The van der Waals surface area contributed by atoms with Crippen molar-refractivity contribution in [1.82, 2.24) is 20.3 Å². The summed E-state index contributed by atoms with van der Waals surface area (Å²) in [6.07, 6.45) is 0.928. The number of hydrogen-bond acceptors (Lipinski definition) is 9. The SMILES string of the molecule is CC1(C)SCN(S(=O)(=O)c2ccccc2)[C@@H]1C(=O)N[C@@H](Cc1ccc(NC(=O)CCCNC2=NCCN2)cc1)C(=O)O. The number of carboxylic acids is 1. The van der Waals surface area contributed by atoms with E-state index in [1.165, 1.54) is 23.9 Å². The minimum atomic E-state index is -3.99. The number of aliphatic imine (C=N–C) groups is 1. The molecule has 2 atom stereocenters. The zero-order valence-corrected chi connectivity index (χ0v) is 25.1. The predicted octanol–water partition coefficient (Wildman–Crippen LogP) is 1.61. The van der Waals surface area contributed by atoms with E-state index in [4.69, 9.17) is 0 Å². The van der Waals surface area contributed by atoms with E-state index in [9.17, 15) is 27.9 Å². The third-order valence-corrected chi connectivity index (χ3v) is 10.3. The van der Waals surface area contributed by atoms with Crippen molar-refractivity contribution >= 4 is 51.2 Å². The van der Waals surface area contributed by atoms with E-state index in [2.05, 4.69) is 26.3 Å². The number of carbonyl (C=O) groups is 3. The molecule has 2 aliphatic rings. The van der Waals surface area contributed by atoms with Crippen molar-refractivity contribution in [3.05, 3.63) is 60.2 Å². The summed E-state index contributed by atoms with van der Waals surface area (Å²) in [6, 6.07) is 12.2. The first-order chi connectivity index (χ1) is 20.0. The lowest BCUT2D eigenvalue weighted by Gasteiger charge is -2.31. The summed E-state index contributed by atoms with van der Waals surface area (Å²) >= 11 is 1.32. The number of hydrogen-bond donors (Lipinski definition) is 5. The molecule has 12 nitrogen and oxygen atoms in total. The maximum Gasteiger partial charge on any atom is 0.326 e. The Morgan fingerprint density at radius 1 is 1.14 bits per heavy atom. The van der Waals surface area contributed by atoms with Crippen LogP contribution >= 0.6 is 11.8 Å². The van der Waals surface area contributed by atoms with Crippen molar-refractivity contribution in [3.8, 4) is 0 Å². The molecule has 226 valence electrons. The number of aliphatic carboxylic acids is 1. The van der Waals surface area contributed by atoms with E-state index >= 15 is 0 Å². The third kappa shape index (κ3) is 7.81. The van der Waals surface area contributed by atoms with Crippen LogP contribution in [-0.4, -0.2) is 83.9 Å². The average Bonchev–Trinajstić information content (AvgIpc) is 3.59. The number of nitrogens with zero attached hydrogens (tertiary/aromatic N) is 2. The highest BCUT2D eigenvalue weighted by molar-refractivity contribution is 8.02. The fourth-order valence-electron chi connectivity index (χ4n) is 4.72. The molecule has 2 aromatic rings. The van der Waals surface area contributed by atoms with Gasteiger partial charge < -0.3 is 26.4 Å². The van der Waals surface area contributed by atoms with Crippen molar-refractivity contribution in [2.75, 3.05) is 30.8 Å². The fourth-order valence-corrected chi connectivity index (χ4v) is 7.91. The van der Waals surface area contributed by atoms with Crippen molar-refractivity contribution in [2.45, 2.75) is 54.8 Å². The monoisotopic (exact) mass is 616 g/mol. The second-order valence-electron chi connectivity index (χ2n) is 10.5. The number of anilines is 1. The summed E-state index contributed by atoms with van der Waals surface area (Å²) in [5, 5.41) is 21.5. The van der Waals surface area contributed by atoms with Gasteiger partial charge in [0.05, 0.1) is 17.3 Å². The Balaban J connectivity index is 1.35. The summed E-state index contributed by atoms with van der Waals surface area (Å²) in [7, 11) is -3.99. The number of nitrogens with one attached hydrogen (secondary N) is 4. The smallest absolute Gasteiger partial charge is 0.326 e. The lowest BCUT2D eigenvalue weighted by atomic mass is 10.0. The van der Waals surface area contributed by atoms with Crippen LogP contribution < -0.4 is 21.3 Å². The van der Waals surface area contributed by atoms with Gasteiger partial charge in [-0.25, -0.2) is 13.2 Å². The van der Waals surface area contributed by atoms with Crippen LogP contribution in [0.2, 0.25) is 0 Å². The number of rotatable bonds is 12. The predicted molar refractivity (Wildman–Crippen MR) is 162 cm³/mol. The Kier molecular flexibility index (Phi) is 10.1. The number of benzene rings is 2. The molecule has 2 amide bonds. The molecule has 0 saturated carbocycles. The lowest BCUT2D eigenvalue weighted by Crippen LogP contribution is -2.56. The molecular weight excluding hydrogens is 580 g/mol. The molecule has 0 aromatic heterocycles. The molecule has 2 aromatic carbocycles. The van der Waals surface area contributed by atoms with Crippen LogP contribution in [0.15, 0.2) is 64.5 Å². The maximum atomic E-state index is 13.5. The van der Waals surface area contributed by atoms with Gasteiger partial charge in [0.25, 0.3) is 0 Å². The highest BCUT2D eigenvalue weighted by Gasteiger charge is 2.51. The quantitative estimate of drug-likeness (QED) is 0.222. The number of carbonyl (C=O) groups excluding carboxylic acids is 2. The van der Waals surface area contributed by atoms with Gasteiger partial charge in [0.1, 0.15) is 12.1 Å². The number of thioether (sulfide) groups is 1. The van der Waals surface area contributed by atoms with Crippen LogP contribution in [0.25, 0.3) is 0 Å². The molecule has 1 saturated heterocycles. The molecule has 0 aliphatic carbocycles. The molecule has 0 bridgehead atoms. The summed E-state index contributed by atoms with van der Waals surface area (Å²) in [4.78, 5) is 42.2. The van der Waals surface area contributed by atoms with Crippen LogP contribution in [0.3, 0.4) is 0 Å². The standard InChI is InChI=1S/C28H36N6O6S2/c1-28(2)24(34(18-41-28)42(39,40)21-7-4-3-5-8-21)25(36)33-22(26(37)38)17-19-10-12-20(13-11-19)32-23(35)9-6-14-29-27-30-15-16-31-27/h3-5,7-8,10-13,22,24H,6,9,14-18H2,1-2H3,(H,32,35)(H,33,36)(H,37,38)(H2,29,30,31)/t22-,24+/m0/s1. The average molecular weight is 617 g/mol. The minimum absolute atomic E-state index is 0.0232. The number of guanidine groups is 1. The van der Waals surface area contributed by atoms with Gasteiger partial charge in [-0.05, 0) is 50.1 Å². The third-order valence-electron chi connectivity index (χ3n) is 6.95. The second-order valence-corrected chi connectivity index (χ2v) is 14.0. The fraction of sp³-hybridized carbons (Fsp3) is 0.429. The summed E-state index contributed by atoms with van der Waals surface area (Å²) < 4.78 is 27.1. The van der Waals surface area contributed by atoms with Gasteiger partial charge in [-0.2, -0.15) is 4.31 Å². The zero-order valence-electron chi connectivity index (χ0n) is 23.5. The van der Waals surface area contributed by atoms with E-state index < -0.39 is 38.7 Å². The maximum absolute atomic E-state index is 13.5. The van der Waals surface area contributed by atoms with Gasteiger partial charge in [-0.15, -0.1) is 11.8 Å². The molecule has 0 spiro atoms. The molecule has 42 heavy (non-hydrogen) atoms. The Bertz CT molecular complexity index is 1420. The molecular formula is C28H36N6O6S2. The molecule has 2 aliphatic heterocycles. The normalized spacial score (nSPS) is 18.9. The summed E-state index contributed by atoms with van der Waals surface area (Å²) in [5.41, 5.74) is 1.20. The van der Waals surface area contributed by atoms with Gasteiger partial charge in [0, 0.05) is 36.4 Å². The van der Waals surface area contributed by atoms with Crippen LogP contribution in [-0.2, 0) is 30.8 Å². The first-order valence-corrected chi connectivity index (χ1v) is 16.0. The molecule has 0 unspecified atom stereocenters. The number of sulfonamides is 1. The van der Waals surface area contributed by atoms with Gasteiger partial charge in [0.15, 0.2) is 5.96 Å². The van der Waals surface area contributed by atoms with E-state index in [1.807, 2.05) is 0 Å². The summed E-state index contributed by atoms with van der Waals surface area (Å²) in [5.74, 6) is -1.24. The van der Waals surface area contributed by atoms with Crippen molar-refractivity contribution in [2.24, 2.45) is 4.99 Å². The number of amides is 2. The molecule has 0 radical (unpaired) electrons. The minimum Gasteiger partial charge on any atom is -0.480 e. The Morgan fingerprint density at radius 2 is 1.86 bits per heavy atom. The summed E-state index contributed by atoms with van der Waals surface area (Å²) in [6.45, 7) is 5.71. The zero-order chi connectivity index (χ0) is 30.3. The van der Waals surface area contributed by atoms with Gasteiger partial charge in [-0.1, -0.05) is 30.3 Å². The van der Waals surface area contributed by atoms with Crippen molar-refractivity contribution in [1.29, 1.82) is 0 Å². The van der Waals surface area contributed by atoms with Crippen molar-refractivity contribution < 1.29 is 27.9 Å². The topological polar surface area (TPSA) is 169 Å². The Labute approximate surface area is 249 Å². The Hall–Kier alpha value is -3.62. The second kappa shape index (κ2) is 13.6. The molecule has 14 heteroatoms. The van der Waals surface area contributed by atoms with Crippen LogP contribution in [0.5, 0.6) is 0 Å². The molecule has 5 N–H and O–H groups in total. The van der Waals surface area contributed by atoms with Gasteiger partial charge >= 0.3 is 5.97 Å². The molecule has 1 fully saturated rings. The molecule has 4 rings (SSSR count). The number of carboxylic acid groups (broad SMARTS) is 1.